The fraction of sp³-hybridized carbons (Fsp3) is 0.267. The molecule has 1 heterocycles. The van der Waals surface area contributed by atoms with Crippen molar-refractivity contribution in [3.05, 3.63) is 46.3 Å². The van der Waals surface area contributed by atoms with Gasteiger partial charge in [0.2, 0.25) is 0 Å². The first kappa shape index (κ1) is 12.1. The normalized spacial score (nSPS) is 10.5. The van der Waals surface area contributed by atoms with E-state index in [1.165, 1.54) is 21.6 Å². The highest BCUT2D eigenvalue weighted by atomic mass is 32.1. The molecule has 0 radical (unpaired) electrons. The third-order valence-electron chi connectivity index (χ3n) is 2.94. The van der Waals surface area contributed by atoms with Gasteiger partial charge in [-0.25, -0.2) is 0 Å². The molecule has 2 heteroatoms. The highest BCUT2D eigenvalue weighted by Gasteiger charge is 2.11. The summed E-state index contributed by atoms with van der Waals surface area (Å²) >= 11 is 1.59. The van der Waals surface area contributed by atoms with Crippen LogP contribution in [0.1, 0.15) is 34.6 Å². The van der Waals surface area contributed by atoms with E-state index in [1.54, 1.807) is 18.3 Å². The molecule has 0 aliphatic heterocycles. The molecular formula is C15H16OS. The van der Waals surface area contributed by atoms with Crippen LogP contribution in [0, 0.1) is 6.92 Å². The molecular weight excluding hydrogens is 228 g/mol. The van der Waals surface area contributed by atoms with Crippen molar-refractivity contribution in [2.45, 2.75) is 27.2 Å². The second-order valence-corrected chi connectivity index (χ2v) is 5.27. The van der Waals surface area contributed by atoms with E-state index in [0.29, 0.717) is 0 Å². The summed E-state index contributed by atoms with van der Waals surface area (Å²) in [5.41, 5.74) is 3.93. The summed E-state index contributed by atoms with van der Waals surface area (Å²) in [7, 11) is 0. The summed E-state index contributed by atoms with van der Waals surface area (Å²) in [5, 5.41) is 0. The zero-order valence-corrected chi connectivity index (χ0v) is 11.2. The Kier molecular flexibility index (Phi) is 3.43. The molecule has 0 fully saturated rings. The van der Waals surface area contributed by atoms with E-state index in [4.69, 9.17) is 0 Å². The van der Waals surface area contributed by atoms with Crippen LogP contribution in [0.2, 0.25) is 0 Å². The minimum Gasteiger partial charge on any atom is -0.294 e. The summed E-state index contributed by atoms with van der Waals surface area (Å²) in [6.45, 7) is 5.91. The molecule has 1 aromatic heterocycles. The summed E-state index contributed by atoms with van der Waals surface area (Å²) in [5.74, 6) is 0.146. The quantitative estimate of drug-likeness (QED) is 0.727. The van der Waals surface area contributed by atoms with Gasteiger partial charge in [0.1, 0.15) is 0 Å². The lowest BCUT2D eigenvalue weighted by molar-refractivity contribution is 0.102. The molecule has 0 spiro atoms. The first-order valence-corrected chi connectivity index (χ1v) is 6.64. The Bertz CT molecular complexity index is 552. The molecule has 2 aromatic rings. The van der Waals surface area contributed by atoms with E-state index in [2.05, 4.69) is 38.1 Å². The minimum absolute atomic E-state index is 0.146. The van der Waals surface area contributed by atoms with Gasteiger partial charge in [-0.3, -0.25) is 4.79 Å². The zero-order valence-electron chi connectivity index (χ0n) is 10.4. The van der Waals surface area contributed by atoms with Crippen LogP contribution in [-0.2, 0) is 6.42 Å². The van der Waals surface area contributed by atoms with Crippen LogP contribution >= 0.6 is 11.3 Å². The smallest absolute Gasteiger partial charge is 0.169 e. The predicted octanol–water partition coefficient (Wildman–Crippen LogP) is 4.49. The van der Waals surface area contributed by atoms with Crippen molar-refractivity contribution in [1.29, 1.82) is 0 Å². The number of Topliss-reactive ketones (excluding diaryl/α,β-unsaturated/α-hetero) is 1. The van der Waals surface area contributed by atoms with Crippen molar-refractivity contribution in [2.75, 3.05) is 0 Å². The Hall–Kier alpha value is -1.41. The third-order valence-corrected chi connectivity index (χ3v) is 4.14. The lowest BCUT2D eigenvalue weighted by atomic mass is 9.99. The van der Waals surface area contributed by atoms with Gasteiger partial charge in [-0.1, -0.05) is 25.1 Å². The minimum atomic E-state index is 0.146. The Morgan fingerprint density at radius 2 is 2.00 bits per heavy atom. The first-order valence-electron chi connectivity index (χ1n) is 5.83. The Labute approximate surface area is 106 Å². The largest absolute Gasteiger partial charge is 0.294 e. The fourth-order valence-electron chi connectivity index (χ4n) is 2.04. The molecule has 1 aromatic carbocycles. The maximum atomic E-state index is 11.3. The number of rotatable bonds is 3. The highest BCUT2D eigenvalue weighted by molar-refractivity contribution is 7.17. The first-order chi connectivity index (χ1) is 8.13. The van der Waals surface area contributed by atoms with Crippen molar-refractivity contribution < 1.29 is 4.79 Å². The SMILES string of the molecule is CCc1cccc(C)c1-c1ccc(C(C)=O)s1. The maximum Gasteiger partial charge on any atom is 0.169 e. The van der Waals surface area contributed by atoms with E-state index in [0.717, 1.165) is 11.3 Å². The van der Waals surface area contributed by atoms with Crippen molar-refractivity contribution in [3.8, 4) is 10.4 Å². The van der Waals surface area contributed by atoms with Crippen LogP contribution < -0.4 is 0 Å². The number of benzene rings is 1. The molecule has 2 rings (SSSR count). The third kappa shape index (κ3) is 2.32. The monoisotopic (exact) mass is 244 g/mol. The van der Waals surface area contributed by atoms with Crippen LogP contribution in [0.5, 0.6) is 0 Å². The molecule has 0 unspecified atom stereocenters. The molecule has 1 nitrogen and oxygen atoms in total. The van der Waals surface area contributed by atoms with E-state index in [9.17, 15) is 4.79 Å². The number of aryl methyl sites for hydroxylation is 2. The van der Waals surface area contributed by atoms with Crippen molar-refractivity contribution >= 4 is 17.1 Å². The average molecular weight is 244 g/mol. The van der Waals surface area contributed by atoms with Gasteiger partial charge < -0.3 is 0 Å². The summed E-state index contributed by atoms with van der Waals surface area (Å²) in [6, 6.07) is 10.4. The van der Waals surface area contributed by atoms with Crippen LogP contribution in [-0.4, -0.2) is 5.78 Å². The summed E-state index contributed by atoms with van der Waals surface area (Å²) in [6.07, 6.45) is 1.02. The molecule has 0 saturated carbocycles. The average Bonchev–Trinajstić information content (AvgIpc) is 2.77. The van der Waals surface area contributed by atoms with Gasteiger partial charge in [0, 0.05) is 4.88 Å². The van der Waals surface area contributed by atoms with Crippen LogP contribution in [0.4, 0.5) is 0 Å². The number of thiophene rings is 1. The molecule has 0 amide bonds. The van der Waals surface area contributed by atoms with Crippen molar-refractivity contribution in [2.24, 2.45) is 0 Å². The molecule has 0 saturated heterocycles. The number of hydrogen-bond acceptors (Lipinski definition) is 2. The lowest BCUT2D eigenvalue weighted by Crippen LogP contribution is -1.89. The van der Waals surface area contributed by atoms with Gasteiger partial charge in [-0.2, -0.15) is 0 Å². The van der Waals surface area contributed by atoms with Crippen LogP contribution in [0.15, 0.2) is 30.3 Å². The molecule has 0 aliphatic carbocycles. The summed E-state index contributed by atoms with van der Waals surface area (Å²) < 4.78 is 0. The fourth-order valence-corrected chi connectivity index (χ4v) is 3.08. The number of carbonyl (C=O) groups is 1. The maximum absolute atomic E-state index is 11.3. The lowest BCUT2D eigenvalue weighted by Gasteiger charge is -2.09. The number of ketones is 1. The Morgan fingerprint density at radius 3 is 2.59 bits per heavy atom. The van der Waals surface area contributed by atoms with E-state index >= 15 is 0 Å². The predicted molar refractivity (Wildman–Crippen MR) is 73.9 cm³/mol. The van der Waals surface area contributed by atoms with Gasteiger partial charge in [0.05, 0.1) is 4.88 Å². The summed E-state index contributed by atoms with van der Waals surface area (Å²) in [4.78, 5) is 13.4. The van der Waals surface area contributed by atoms with Crippen molar-refractivity contribution in [3.63, 3.8) is 0 Å². The van der Waals surface area contributed by atoms with Crippen LogP contribution in [0.25, 0.3) is 10.4 Å². The van der Waals surface area contributed by atoms with E-state index < -0.39 is 0 Å². The van der Waals surface area contributed by atoms with Gasteiger partial charge in [-0.05, 0) is 49.1 Å². The number of carbonyl (C=O) groups excluding carboxylic acids is 1. The van der Waals surface area contributed by atoms with Crippen molar-refractivity contribution in [1.82, 2.24) is 0 Å². The number of hydrogen-bond donors (Lipinski definition) is 0. The topological polar surface area (TPSA) is 17.1 Å². The van der Waals surface area contributed by atoms with Gasteiger partial charge in [-0.15, -0.1) is 11.3 Å². The van der Waals surface area contributed by atoms with E-state index in [1.807, 2.05) is 6.07 Å². The molecule has 88 valence electrons. The second kappa shape index (κ2) is 4.84. The highest BCUT2D eigenvalue weighted by Crippen LogP contribution is 2.33. The van der Waals surface area contributed by atoms with E-state index in [-0.39, 0.29) is 5.78 Å². The Balaban J connectivity index is 2.55. The molecule has 0 N–H and O–H groups in total. The van der Waals surface area contributed by atoms with Gasteiger partial charge in [0.25, 0.3) is 0 Å². The molecule has 0 atom stereocenters. The Morgan fingerprint density at radius 1 is 1.24 bits per heavy atom. The van der Waals surface area contributed by atoms with Gasteiger partial charge in [0.15, 0.2) is 5.78 Å². The molecule has 0 bridgehead atoms. The van der Waals surface area contributed by atoms with Gasteiger partial charge >= 0.3 is 0 Å². The van der Waals surface area contributed by atoms with Crippen LogP contribution in [0.3, 0.4) is 0 Å². The second-order valence-electron chi connectivity index (χ2n) is 4.18. The molecule has 0 aliphatic rings. The zero-order chi connectivity index (χ0) is 12.4. The standard InChI is InChI=1S/C15H16OS/c1-4-12-7-5-6-10(2)15(12)14-9-8-13(17-14)11(3)16/h5-9H,4H2,1-3H3. The molecule has 17 heavy (non-hydrogen) atoms.